The molecule has 0 N–H and O–H groups in total. The van der Waals surface area contributed by atoms with Crippen molar-refractivity contribution < 1.29 is 0 Å². The third kappa shape index (κ3) is 0.767. The van der Waals surface area contributed by atoms with E-state index in [-0.39, 0.29) is 0 Å². The maximum Gasteiger partial charge on any atom is 0.217 e. The van der Waals surface area contributed by atoms with Gasteiger partial charge in [-0.25, -0.2) is 4.68 Å². The highest BCUT2D eigenvalue weighted by Crippen LogP contribution is 1.96. The quantitative estimate of drug-likeness (QED) is 0.539. The minimum absolute atomic E-state index is 0.646. The van der Waals surface area contributed by atoms with Crippen LogP contribution in [-0.4, -0.2) is 20.2 Å². The minimum atomic E-state index is 0.646. The predicted octanol–water partition coefficient (Wildman–Crippen LogP) is -0.0274. The zero-order chi connectivity index (χ0) is 5.28. The molecule has 0 radical (unpaired) electrons. The summed E-state index contributed by atoms with van der Waals surface area (Å²) in [5.41, 5.74) is 0. The molecule has 0 unspecified atom stereocenters. The zero-order valence-electron chi connectivity index (χ0n) is 3.67. The van der Waals surface area contributed by atoms with E-state index in [0.29, 0.717) is 4.73 Å². The van der Waals surface area contributed by atoms with Gasteiger partial charge in [-0.05, 0) is 26.4 Å². The molecule has 0 saturated heterocycles. The van der Waals surface area contributed by atoms with Crippen molar-refractivity contribution in [3.8, 4) is 0 Å². The summed E-state index contributed by atoms with van der Waals surface area (Å²) in [5, 5.41) is 10.4. The Balaban J connectivity index is 3.12. The summed E-state index contributed by atoms with van der Waals surface area (Å²) in [6.45, 7) is 0. The van der Waals surface area contributed by atoms with Crippen molar-refractivity contribution >= 4 is 15.9 Å². The van der Waals surface area contributed by atoms with Crippen LogP contribution in [0.15, 0.2) is 4.73 Å². The van der Waals surface area contributed by atoms with E-state index in [0.717, 1.165) is 0 Å². The molecule has 0 bridgehead atoms. The highest BCUT2D eigenvalue weighted by molar-refractivity contribution is 9.10. The van der Waals surface area contributed by atoms with Gasteiger partial charge in [-0.2, -0.15) is 0 Å². The third-order valence-electron chi connectivity index (χ3n) is 0.568. The molecule has 5 heteroatoms. The molecular formula is C2H3BrN4. The molecule has 0 aliphatic heterocycles. The van der Waals surface area contributed by atoms with E-state index in [1.54, 1.807) is 7.05 Å². The van der Waals surface area contributed by atoms with E-state index in [4.69, 9.17) is 0 Å². The number of hydrogen-bond donors (Lipinski definition) is 0. The van der Waals surface area contributed by atoms with Crippen LogP contribution in [0.1, 0.15) is 0 Å². The van der Waals surface area contributed by atoms with Crippen LogP contribution in [-0.2, 0) is 7.05 Å². The molecule has 0 spiro atoms. The first-order valence-corrected chi connectivity index (χ1v) is 2.48. The molecule has 7 heavy (non-hydrogen) atoms. The van der Waals surface area contributed by atoms with Gasteiger partial charge in [0.25, 0.3) is 0 Å². The Morgan fingerprint density at radius 3 is 2.57 bits per heavy atom. The van der Waals surface area contributed by atoms with Gasteiger partial charge in [-0.1, -0.05) is 0 Å². The zero-order valence-corrected chi connectivity index (χ0v) is 5.25. The number of hydrogen-bond acceptors (Lipinski definition) is 3. The van der Waals surface area contributed by atoms with Gasteiger partial charge >= 0.3 is 0 Å². The highest BCUT2D eigenvalue weighted by atomic mass is 79.9. The van der Waals surface area contributed by atoms with Gasteiger partial charge < -0.3 is 0 Å². The van der Waals surface area contributed by atoms with Gasteiger partial charge in [0.15, 0.2) is 0 Å². The summed E-state index contributed by atoms with van der Waals surface area (Å²) in [5.74, 6) is 0. The molecule has 0 saturated carbocycles. The first kappa shape index (κ1) is 4.70. The summed E-state index contributed by atoms with van der Waals surface area (Å²) in [4.78, 5) is 0. The molecule has 38 valence electrons. The lowest BCUT2D eigenvalue weighted by Gasteiger charge is -1.79. The van der Waals surface area contributed by atoms with Gasteiger partial charge in [0.1, 0.15) is 0 Å². The van der Waals surface area contributed by atoms with Crippen LogP contribution in [0.2, 0.25) is 0 Å². The molecule has 0 aliphatic rings. The normalized spacial score (nSPS) is 9.43. The fourth-order valence-electron chi connectivity index (χ4n) is 0.219. The summed E-state index contributed by atoms with van der Waals surface area (Å²) < 4.78 is 2.17. The van der Waals surface area contributed by atoms with Crippen molar-refractivity contribution in [2.45, 2.75) is 0 Å². The van der Waals surface area contributed by atoms with Crippen LogP contribution in [0, 0.1) is 0 Å². The second kappa shape index (κ2) is 1.57. The van der Waals surface area contributed by atoms with E-state index < -0.39 is 0 Å². The lowest BCUT2D eigenvalue weighted by Crippen LogP contribution is -1.88. The van der Waals surface area contributed by atoms with Gasteiger partial charge in [0.2, 0.25) is 4.73 Å². The van der Waals surface area contributed by atoms with Crippen molar-refractivity contribution in [2.24, 2.45) is 7.05 Å². The average molecular weight is 163 g/mol. The highest BCUT2D eigenvalue weighted by Gasteiger charge is 1.90. The van der Waals surface area contributed by atoms with Crippen LogP contribution in [0.4, 0.5) is 0 Å². The molecule has 0 atom stereocenters. The van der Waals surface area contributed by atoms with E-state index in [1.165, 1.54) is 4.68 Å². The molecule has 0 amide bonds. The molecule has 0 fully saturated rings. The van der Waals surface area contributed by atoms with Gasteiger partial charge in [0, 0.05) is 7.05 Å². The molecule has 0 aliphatic carbocycles. The fraction of sp³-hybridized carbons (Fsp3) is 0.500. The number of aryl methyl sites for hydroxylation is 1. The Bertz CT molecular complexity index is 142. The second-order valence-electron chi connectivity index (χ2n) is 1.07. The third-order valence-corrected chi connectivity index (χ3v) is 1.24. The van der Waals surface area contributed by atoms with Crippen molar-refractivity contribution in [1.82, 2.24) is 20.2 Å². The van der Waals surface area contributed by atoms with Crippen LogP contribution >= 0.6 is 15.9 Å². The van der Waals surface area contributed by atoms with E-state index in [1.807, 2.05) is 0 Å². The fourth-order valence-corrected chi connectivity index (χ4v) is 0.360. The Morgan fingerprint density at radius 2 is 2.43 bits per heavy atom. The summed E-state index contributed by atoms with van der Waals surface area (Å²) >= 11 is 3.09. The smallest absolute Gasteiger partial charge is 0.217 e. The largest absolute Gasteiger partial charge is 0.223 e. The van der Waals surface area contributed by atoms with Crippen LogP contribution < -0.4 is 0 Å². The Morgan fingerprint density at radius 1 is 1.71 bits per heavy atom. The summed E-state index contributed by atoms with van der Waals surface area (Å²) in [7, 11) is 1.75. The van der Waals surface area contributed by atoms with Crippen molar-refractivity contribution in [3.05, 3.63) is 4.73 Å². The van der Waals surface area contributed by atoms with E-state index >= 15 is 0 Å². The van der Waals surface area contributed by atoms with Crippen molar-refractivity contribution in [2.75, 3.05) is 0 Å². The number of halogens is 1. The van der Waals surface area contributed by atoms with Crippen molar-refractivity contribution in [1.29, 1.82) is 0 Å². The monoisotopic (exact) mass is 162 g/mol. The minimum Gasteiger partial charge on any atom is -0.223 e. The number of tetrazole rings is 1. The molecule has 4 nitrogen and oxygen atoms in total. The molecule has 1 aromatic rings. The van der Waals surface area contributed by atoms with Crippen LogP contribution in [0.5, 0.6) is 0 Å². The summed E-state index contributed by atoms with van der Waals surface area (Å²) in [6, 6.07) is 0. The maximum atomic E-state index is 3.53. The predicted molar refractivity (Wildman–Crippen MR) is 26.5 cm³/mol. The van der Waals surface area contributed by atoms with Crippen LogP contribution in [0.25, 0.3) is 0 Å². The topological polar surface area (TPSA) is 43.6 Å². The number of rotatable bonds is 0. The number of nitrogens with zero attached hydrogens (tertiary/aromatic N) is 4. The molecule has 1 aromatic heterocycles. The Labute approximate surface area is 48.6 Å². The second-order valence-corrected chi connectivity index (χ2v) is 1.78. The Hall–Kier alpha value is -0.450. The van der Waals surface area contributed by atoms with Gasteiger partial charge in [-0.3, -0.25) is 0 Å². The summed E-state index contributed by atoms with van der Waals surface area (Å²) in [6.07, 6.45) is 0. The molecule has 1 rings (SSSR count). The lowest BCUT2D eigenvalue weighted by atomic mass is 11.2. The average Bonchev–Trinajstić information content (AvgIpc) is 1.91. The molecule has 1 heterocycles. The van der Waals surface area contributed by atoms with Gasteiger partial charge in [0.05, 0.1) is 0 Å². The first-order valence-electron chi connectivity index (χ1n) is 1.68. The van der Waals surface area contributed by atoms with Crippen molar-refractivity contribution in [3.63, 3.8) is 0 Å². The first-order chi connectivity index (χ1) is 3.30. The molecule has 0 aromatic carbocycles. The standard InChI is InChI=1S/C2H3BrN4/c1-7-2(3)4-5-6-7/h1H3. The number of aromatic nitrogens is 4. The van der Waals surface area contributed by atoms with E-state index in [2.05, 4.69) is 31.5 Å². The van der Waals surface area contributed by atoms with Crippen LogP contribution in [0.3, 0.4) is 0 Å². The lowest BCUT2D eigenvalue weighted by molar-refractivity contribution is 0.700. The SMILES string of the molecule is Cn1nnnc1Br. The maximum absolute atomic E-state index is 3.53. The Kier molecular flexibility index (Phi) is 1.06. The molecular weight excluding hydrogens is 160 g/mol. The van der Waals surface area contributed by atoms with Gasteiger partial charge in [-0.15, -0.1) is 5.10 Å². The van der Waals surface area contributed by atoms with E-state index in [9.17, 15) is 0 Å².